The predicted octanol–water partition coefficient (Wildman–Crippen LogP) is 3.62. The van der Waals surface area contributed by atoms with Crippen molar-refractivity contribution < 1.29 is 4.79 Å². The minimum absolute atomic E-state index is 0.315. The van der Waals surface area contributed by atoms with Gasteiger partial charge in [-0.15, -0.1) is 0 Å². The highest BCUT2D eigenvalue weighted by Crippen LogP contribution is 2.30. The molecule has 2 atom stereocenters. The van der Waals surface area contributed by atoms with Gasteiger partial charge in [-0.05, 0) is 53.5 Å². The smallest absolute Gasteiger partial charge is 0.159 e. The highest BCUT2D eigenvalue weighted by Gasteiger charge is 2.41. The maximum atomic E-state index is 13.0. The molecule has 2 unspecified atom stereocenters. The summed E-state index contributed by atoms with van der Waals surface area (Å²) in [6.07, 6.45) is 4.88. The van der Waals surface area contributed by atoms with Crippen molar-refractivity contribution in [3.8, 4) is 0 Å². The molecule has 1 N–H and O–H groups in total. The Morgan fingerprint density at radius 3 is 2.14 bits per heavy atom. The Morgan fingerprint density at radius 2 is 1.67 bits per heavy atom. The molecule has 124 valence electrons. The molecule has 0 aromatic rings. The summed E-state index contributed by atoms with van der Waals surface area (Å²) in [5.41, 5.74) is -0.758. The first-order valence-electron chi connectivity index (χ1n) is 8.67. The third-order valence-electron chi connectivity index (χ3n) is 4.95. The van der Waals surface area contributed by atoms with Crippen LogP contribution in [0.25, 0.3) is 0 Å². The first-order valence-corrected chi connectivity index (χ1v) is 8.67. The third kappa shape index (κ3) is 4.79. The summed E-state index contributed by atoms with van der Waals surface area (Å²) in [7, 11) is 0. The van der Waals surface area contributed by atoms with Crippen LogP contribution in [0.3, 0.4) is 0 Å². The van der Waals surface area contributed by atoms with Crippen molar-refractivity contribution in [2.24, 2.45) is 5.41 Å². The maximum Gasteiger partial charge on any atom is 0.159 e. The van der Waals surface area contributed by atoms with Gasteiger partial charge in [-0.2, -0.15) is 0 Å². The molecule has 0 spiro atoms. The lowest BCUT2D eigenvalue weighted by Crippen LogP contribution is -2.57. The summed E-state index contributed by atoms with van der Waals surface area (Å²) in [6.45, 7) is 16.8. The van der Waals surface area contributed by atoms with Gasteiger partial charge in [0.15, 0.2) is 5.78 Å². The molecule has 1 saturated heterocycles. The fourth-order valence-electron chi connectivity index (χ4n) is 3.68. The van der Waals surface area contributed by atoms with Gasteiger partial charge in [0, 0.05) is 24.0 Å². The van der Waals surface area contributed by atoms with Crippen molar-refractivity contribution in [3.05, 3.63) is 0 Å². The van der Waals surface area contributed by atoms with E-state index in [1.54, 1.807) is 0 Å². The average Bonchev–Trinajstić information content (AvgIpc) is 2.40. The predicted molar refractivity (Wildman–Crippen MR) is 90.6 cm³/mol. The Labute approximate surface area is 131 Å². The van der Waals surface area contributed by atoms with Crippen molar-refractivity contribution in [1.82, 2.24) is 10.2 Å². The molecule has 0 aromatic heterocycles. The second-order valence-corrected chi connectivity index (χ2v) is 8.07. The number of likely N-dealkylation sites (tertiary alicyclic amines) is 1. The van der Waals surface area contributed by atoms with Gasteiger partial charge in [0.1, 0.15) is 0 Å². The Hall–Kier alpha value is -0.410. The lowest BCUT2D eigenvalue weighted by Gasteiger charge is -2.44. The molecule has 0 saturated carbocycles. The largest absolute Gasteiger partial charge is 0.305 e. The van der Waals surface area contributed by atoms with Crippen LogP contribution in [-0.4, -0.2) is 41.4 Å². The molecular weight excluding hydrogens is 260 g/mol. The Bertz CT molecular complexity index is 339. The topological polar surface area (TPSA) is 32.3 Å². The fraction of sp³-hybridized carbons (Fsp3) is 0.944. The molecule has 1 aliphatic rings. The quantitative estimate of drug-likeness (QED) is 0.779. The number of piperidine rings is 1. The van der Waals surface area contributed by atoms with Crippen molar-refractivity contribution in [2.75, 3.05) is 13.1 Å². The highest BCUT2D eigenvalue weighted by molar-refractivity contribution is 5.92. The molecule has 1 heterocycles. The van der Waals surface area contributed by atoms with Crippen molar-refractivity contribution in [3.63, 3.8) is 0 Å². The zero-order valence-electron chi connectivity index (χ0n) is 15.3. The molecule has 3 heteroatoms. The van der Waals surface area contributed by atoms with Crippen LogP contribution < -0.4 is 5.32 Å². The fourth-order valence-corrected chi connectivity index (χ4v) is 3.68. The lowest BCUT2D eigenvalue weighted by atomic mass is 9.77. The van der Waals surface area contributed by atoms with Gasteiger partial charge in [0.2, 0.25) is 0 Å². The van der Waals surface area contributed by atoms with Crippen LogP contribution in [0.2, 0.25) is 0 Å². The van der Waals surface area contributed by atoms with Gasteiger partial charge in [-0.3, -0.25) is 9.69 Å². The molecule has 1 fully saturated rings. The van der Waals surface area contributed by atoms with E-state index in [-0.39, 0.29) is 5.41 Å². The van der Waals surface area contributed by atoms with E-state index in [0.717, 1.165) is 19.5 Å². The monoisotopic (exact) mass is 296 g/mol. The zero-order valence-corrected chi connectivity index (χ0v) is 15.3. The Kier molecular flexibility index (Phi) is 6.42. The number of rotatable bonds is 7. The number of carbonyl (C=O) groups excluding carboxylic acids is 1. The Morgan fingerprint density at radius 1 is 1.14 bits per heavy atom. The van der Waals surface area contributed by atoms with Gasteiger partial charge < -0.3 is 5.32 Å². The van der Waals surface area contributed by atoms with Crippen LogP contribution in [0.15, 0.2) is 0 Å². The van der Waals surface area contributed by atoms with Gasteiger partial charge in [0.25, 0.3) is 0 Å². The molecule has 21 heavy (non-hydrogen) atoms. The van der Waals surface area contributed by atoms with Crippen LogP contribution >= 0.6 is 0 Å². The normalized spacial score (nSPS) is 25.1. The van der Waals surface area contributed by atoms with Gasteiger partial charge in [0.05, 0.1) is 5.54 Å². The Balaban J connectivity index is 2.77. The van der Waals surface area contributed by atoms with E-state index in [9.17, 15) is 4.79 Å². The van der Waals surface area contributed by atoms with E-state index in [0.29, 0.717) is 17.9 Å². The van der Waals surface area contributed by atoms with Crippen LogP contribution in [0.4, 0.5) is 0 Å². The zero-order chi connectivity index (χ0) is 16.3. The number of Topliss-reactive ketones (excluding diaryl/α,β-unsaturated/α-hetero) is 1. The molecular formula is C18H36N2O. The number of ketones is 1. The second kappa shape index (κ2) is 7.23. The minimum atomic E-state index is -0.443. The van der Waals surface area contributed by atoms with E-state index in [1.807, 2.05) is 13.8 Å². The van der Waals surface area contributed by atoms with Crippen LogP contribution in [0.5, 0.6) is 0 Å². The summed E-state index contributed by atoms with van der Waals surface area (Å²) in [6, 6.07) is 1.18. The lowest BCUT2D eigenvalue weighted by molar-refractivity contribution is -0.134. The van der Waals surface area contributed by atoms with Crippen LogP contribution in [-0.2, 0) is 4.79 Å². The van der Waals surface area contributed by atoms with Gasteiger partial charge in [-0.25, -0.2) is 0 Å². The van der Waals surface area contributed by atoms with Crippen molar-refractivity contribution >= 4 is 5.78 Å². The molecule has 1 aliphatic heterocycles. The average molecular weight is 296 g/mol. The summed E-state index contributed by atoms with van der Waals surface area (Å²) < 4.78 is 0. The number of nitrogens with one attached hydrogen (secondary N) is 1. The summed E-state index contributed by atoms with van der Waals surface area (Å²) in [4.78, 5) is 15.5. The molecule has 3 nitrogen and oxygen atoms in total. The molecule has 0 amide bonds. The second-order valence-electron chi connectivity index (χ2n) is 8.07. The SMILES string of the molecule is CCCNC(C)(C)C(=O)C(C)(C)CN1C(C)CCCC1C. The van der Waals surface area contributed by atoms with Crippen molar-refractivity contribution in [2.45, 2.75) is 91.8 Å². The highest BCUT2D eigenvalue weighted by atomic mass is 16.1. The van der Waals surface area contributed by atoms with Crippen LogP contribution in [0.1, 0.15) is 74.1 Å². The summed E-state index contributed by atoms with van der Waals surface area (Å²) >= 11 is 0. The van der Waals surface area contributed by atoms with E-state index in [2.05, 4.69) is 44.8 Å². The molecule has 1 rings (SSSR count). The van der Waals surface area contributed by atoms with Crippen LogP contribution in [0, 0.1) is 5.41 Å². The molecule has 0 aromatic carbocycles. The van der Waals surface area contributed by atoms with E-state index < -0.39 is 5.54 Å². The molecule has 0 bridgehead atoms. The number of hydrogen-bond acceptors (Lipinski definition) is 3. The molecule has 0 radical (unpaired) electrons. The van der Waals surface area contributed by atoms with Gasteiger partial charge >= 0.3 is 0 Å². The standard InChI is InChI=1S/C18H36N2O/c1-8-12-19-18(6,7)16(21)17(4,5)13-20-14(2)10-9-11-15(20)3/h14-15,19H,8-13H2,1-7H3. The van der Waals surface area contributed by atoms with E-state index in [1.165, 1.54) is 19.3 Å². The first-order chi connectivity index (χ1) is 9.62. The van der Waals surface area contributed by atoms with Gasteiger partial charge in [-0.1, -0.05) is 27.2 Å². The van der Waals surface area contributed by atoms with Crippen molar-refractivity contribution in [1.29, 1.82) is 0 Å². The molecule has 0 aliphatic carbocycles. The summed E-state index contributed by atoms with van der Waals surface area (Å²) in [5.74, 6) is 0.327. The number of carbonyl (C=O) groups is 1. The van der Waals surface area contributed by atoms with E-state index in [4.69, 9.17) is 0 Å². The van der Waals surface area contributed by atoms with E-state index >= 15 is 0 Å². The third-order valence-corrected chi connectivity index (χ3v) is 4.95. The number of hydrogen-bond donors (Lipinski definition) is 1. The minimum Gasteiger partial charge on any atom is -0.305 e. The maximum absolute atomic E-state index is 13.0. The summed E-state index contributed by atoms with van der Waals surface area (Å²) in [5, 5.41) is 3.41. The number of nitrogens with zero attached hydrogens (tertiary/aromatic N) is 1. The first kappa shape index (κ1) is 18.6.